The molecule has 0 aromatic heterocycles. The van der Waals surface area contributed by atoms with Gasteiger partial charge in [-0.05, 0) is 17.8 Å². The van der Waals surface area contributed by atoms with E-state index in [1.807, 2.05) is 20.8 Å². The van der Waals surface area contributed by atoms with Crippen molar-refractivity contribution in [2.45, 2.75) is 70.7 Å². The van der Waals surface area contributed by atoms with Crippen LogP contribution in [0.4, 0.5) is 0 Å². The van der Waals surface area contributed by atoms with E-state index in [4.69, 9.17) is 11.5 Å². The number of nitrogens with two attached hydrogens (primary N) is 2. The Hall–Kier alpha value is -2.00. The number of rotatable bonds is 7. The van der Waals surface area contributed by atoms with Crippen LogP contribution in [0.5, 0.6) is 0 Å². The minimum atomic E-state index is -1.10. The number of β-amino-alcohol motifs (C(OH)–C–C–N with tert-alkyl or cyclic N) is 1. The quantitative estimate of drug-likeness (QED) is 0.399. The third-order valence-corrected chi connectivity index (χ3v) is 5.21. The van der Waals surface area contributed by atoms with Gasteiger partial charge in [0.1, 0.15) is 6.04 Å². The third-order valence-electron chi connectivity index (χ3n) is 5.21. The van der Waals surface area contributed by atoms with Crippen molar-refractivity contribution in [1.29, 1.82) is 0 Å². The van der Waals surface area contributed by atoms with Gasteiger partial charge in [0.05, 0.1) is 18.2 Å². The van der Waals surface area contributed by atoms with E-state index in [0.717, 1.165) is 12.8 Å². The molecule has 0 spiro atoms. The first-order valence-electron chi connectivity index (χ1n) is 9.30. The summed E-state index contributed by atoms with van der Waals surface area (Å²) in [5.74, 6) is -2.69. The van der Waals surface area contributed by atoms with E-state index < -0.39 is 53.1 Å². The molecule has 2 fully saturated rings. The van der Waals surface area contributed by atoms with E-state index >= 15 is 0 Å². The largest absolute Gasteiger partial charge is 0.391 e. The number of ketones is 1. The first-order chi connectivity index (χ1) is 12.4. The molecule has 1 saturated heterocycles. The topological polar surface area (TPSA) is 156 Å². The Morgan fingerprint density at radius 1 is 1.22 bits per heavy atom. The van der Waals surface area contributed by atoms with Crippen LogP contribution in [-0.4, -0.2) is 64.3 Å². The minimum absolute atomic E-state index is 0.00222. The highest BCUT2D eigenvalue weighted by molar-refractivity contribution is 6.37. The lowest BCUT2D eigenvalue weighted by atomic mass is 9.86. The smallest absolute Gasteiger partial charge is 0.287 e. The molecule has 9 nitrogen and oxygen atoms in total. The third kappa shape index (κ3) is 5.26. The van der Waals surface area contributed by atoms with Gasteiger partial charge in [-0.1, -0.05) is 33.6 Å². The molecule has 2 unspecified atom stereocenters. The Labute approximate surface area is 158 Å². The van der Waals surface area contributed by atoms with Crippen LogP contribution in [0.1, 0.15) is 46.5 Å². The Kier molecular flexibility index (Phi) is 6.26. The van der Waals surface area contributed by atoms with Gasteiger partial charge in [-0.3, -0.25) is 19.2 Å². The maximum Gasteiger partial charge on any atom is 0.287 e. The van der Waals surface area contributed by atoms with E-state index in [-0.39, 0.29) is 18.9 Å². The molecule has 9 heteroatoms. The first kappa shape index (κ1) is 21.3. The van der Waals surface area contributed by atoms with Crippen molar-refractivity contribution in [1.82, 2.24) is 10.2 Å². The number of likely N-dealkylation sites (tertiary alicyclic amines) is 1. The van der Waals surface area contributed by atoms with Gasteiger partial charge in [0.2, 0.25) is 17.6 Å². The number of nitrogens with zero attached hydrogens (tertiary/aromatic N) is 1. The minimum Gasteiger partial charge on any atom is -0.391 e. The van der Waals surface area contributed by atoms with Gasteiger partial charge < -0.3 is 26.8 Å². The Morgan fingerprint density at radius 2 is 1.81 bits per heavy atom. The molecule has 27 heavy (non-hydrogen) atoms. The van der Waals surface area contributed by atoms with Crippen LogP contribution >= 0.6 is 0 Å². The summed E-state index contributed by atoms with van der Waals surface area (Å²) in [5.41, 5.74) is 10.6. The van der Waals surface area contributed by atoms with Crippen LogP contribution in [-0.2, 0) is 19.2 Å². The summed E-state index contributed by atoms with van der Waals surface area (Å²) in [4.78, 5) is 50.1. The second-order valence-corrected chi connectivity index (χ2v) is 8.71. The zero-order valence-corrected chi connectivity index (χ0v) is 16.1. The molecule has 1 saturated carbocycles. The lowest BCUT2D eigenvalue weighted by Crippen LogP contribution is -2.57. The number of hydrogen-bond donors (Lipinski definition) is 4. The number of amides is 3. The van der Waals surface area contributed by atoms with Crippen molar-refractivity contribution in [2.75, 3.05) is 6.54 Å². The summed E-state index contributed by atoms with van der Waals surface area (Å²) in [7, 11) is 0. The number of nitrogens with one attached hydrogen (secondary N) is 1. The van der Waals surface area contributed by atoms with Crippen LogP contribution in [0.3, 0.4) is 0 Å². The molecule has 2 aliphatic rings. The van der Waals surface area contributed by atoms with Gasteiger partial charge in [-0.2, -0.15) is 0 Å². The van der Waals surface area contributed by atoms with Gasteiger partial charge in [0.15, 0.2) is 0 Å². The number of Topliss-reactive ketones (excluding diaryl/α,β-unsaturated/α-hetero) is 1. The van der Waals surface area contributed by atoms with Gasteiger partial charge in [0.25, 0.3) is 5.91 Å². The van der Waals surface area contributed by atoms with Crippen molar-refractivity contribution in [3.63, 3.8) is 0 Å². The molecule has 0 radical (unpaired) electrons. The summed E-state index contributed by atoms with van der Waals surface area (Å²) in [5, 5.41) is 12.5. The number of aliphatic hydroxyl groups excluding tert-OH is 1. The summed E-state index contributed by atoms with van der Waals surface area (Å²) < 4.78 is 0. The lowest BCUT2D eigenvalue weighted by molar-refractivity contribution is -0.143. The first-order valence-corrected chi connectivity index (χ1v) is 9.30. The number of carbonyl (C=O) groups is 4. The monoisotopic (exact) mass is 382 g/mol. The van der Waals surface area contributed by atoms with E-state index in [0.29, 0.717) is 6.42 Å². The SMILES string of the molecule is CC(C)(C)[C@H](N)C(=O)N1CC(O)C[C@H]1C(=O)NC(CC1CC1)C(=O)C(N)=O. The summed E-state index contributed by atoms with van der Waals surface area (Å²) in [6.45, 7) is 5.44. The molecule has 2 rings (SSSR count). The Morgan fingerprint density at radius 3 is 2.30 bits per heavy atom. The summed E-state index contributed by atoms with van der Waals surface area (Å²) in [6, 6.07) is -2.79. The normalized spacial score (nSPS) is 25.0. The standard InChI is InChI=1S/C18H30N4O5/c1-18(2,3)14(19)17(27)22-8-10(23)7-12(22)16(26)21-11(6-9-4-5-9)13(24)15(20)25/h9-12,14,23H,4-8,19H2,1-3H3,(H2,20,25)(H,21,26)/t10?,11?,12-,14+/m0/s1. The molecule has 4 atom stereocenters. The predicted molar refractivity (Wildman–Crippen MR) is 97.0 cm³/mol. The van der Waals surface area contributed by atoms with E-state index in [1.165, 1.54) is 4.90 Å². The van der Waals surface area contributed by atoms with Gasteiger partial charge in [0, 0.05) is 13.0 Å². The number of aliphatic hydroxyl groups is 1. The molecule has 1 aliphatic heterocycles. The fraction of sp³-hybridized carbons (Fsp3) is 0.778. The molecule has 152 valence electrons. The summed E-state index contributed by atoms with van der Waals surface area (Å²) in [6.07, 6.45) is 1.41. The molecule has 6 N–H and O–H groups in total. The van der Waals surface area contributed by atoms with Crippen molar-refractivity contribution in [3.05, 3.63) is 0 Å². The number of carbonyl (C=O) groups excluding carboxylic acids is 4. The highest BCUT2D eigenvalue weighted by Crippen LogP contribution is 2.34. The van der Waals surface area contributed by atoms with Crippen LogP contribution < -0.4 is 16.8 Å². The number of hydrogen-bond acceptors (Lipinski definition) is 6. The molecular weight excluding hydrogens is 352 g/mol. The maximum absolute atomic E-state index is 12.8. The molecule has 0 aromatic carbocycles. The molecular formula is C18H30N4O5. The fourth-order valence-electron chi connectivity index (χ4n) is 3.21. The van der Waals surface area contributed by atoms with E-state index in [9.17, 15) is 24.3 Å². The fourth-order valence-corrected chi connectivity index (χ4v) is 3.21. The maximum atomic E-state index is 12.8. The van der Waals surface area contributed by atoms with Crippen molar-refractivity contribution >= 4 is 23.5 Å². The molecule has 0 bridgehead atoms. The summed E-state index contributed by atoms with van der Waals surface area (Å²) >= 11 is 0. The molecule has 3 amide bonds. The van der Waals surface area contributed by atoms with Gasteiger partial charge in [-0.25, -0.2) is 0 Å². The van der Waals surface area contributed by atoms with Crippen molar-refractivity contribution in [3.8, 4) is 0 Å². The number of primary amides is 1. The van der Waals surface area contributed by atoms with Gasteiger partial charge >= 0.3 is 0 Å². The highest BCUT2D eigenvalue weighted by Gasteiger charge is 2.44. The highest BCUT2D eigenvalue weighted by atomic mass is 16.3. The van der Waals surface area contributed by atoms with Crippen LogP contribution in [0.15, 0.2) is 0 Å². The average molecular weight is 382 g/mol. The average Bonchev–Trinajstić information content (AvgIpc) is 3.30. The molecule has 1 heterocycles. The Bertz CT molecular complexity index is 626. The second-order valence-electron chi connectivity index (χ2n) is 8.71. The molecule has 1 aliphatic carbocycles. The lowest BCUT2D eigenvalue weighted by Gasteiger charge is -2.32. The van der Waals surface area contributed by atoms with E-state index in [1.54, 1.807) is 0 Å². The molecule has 0 aromatic rings. The van der Waals surface area contributed by atoms with Crippen LogP contribution in [0.2, 0.25) is 0 Å². The Balaban J connectivity index is 2.12. The zero-order chi connectivity index (χ0) is 20.5. The predicted octanol–water partition coefficient (Wildman–Crippen LogP) is -1.34. The second kappa shape index (κ2) is 7.93. The van der Waals surface area contributed by atoms with Crippen LogP contribution in [0, 0.1) is 11.3 Å². The van der Waals surface area contributed by atoms with E-state index in [2.05, 4.69) is 5.32 Å². The van der Waals surface area contributed by atoms with Crippen LogP contribution in [0.25, 0.3) is 0 Å². The van der Waals surface area contributed by atoms with Gasteiger partial charge in [-0.15, -0.1) is 0 Å². The van der Waals surface area contributed by atoms with Crippen molar-refractivity contribution < 1.29 is 24.3 Å². The van der Waals surface area contributed by atoms with Crippen molar-refractivity contribution in [2.24, 2.45) is 22.8 Å². The zero-order valence-electron chi connectivity index (χ0n) is 16.1.